The van der Waals surface area contributed by atoms with E-state index in [0.717, 1.165) is 29.5 Å². The summed E-state index contributed by atoms with van der Waals surface area (Å²) in [5.41, 5.74) is 2.60. The molecular weight excluding hydrogens is 639 g/mol. The third-order valence-electron chi connectivity index (χ3n) is 9.02. The molecule has 1 saturated carbocycles. The number of Topliss-reactive ketones (excluding diaryl/α,β-unsaturated/α-hetero) is 1. The van der Waals surface area contributed by atoms with E-state index in [0.29, 0.717) is 35.4 Å². The number of hydrogen-bond donors (Lipinski definition) is 1. The molecule has 0 spiro atoms. The van der Waals surface area contributed by atoms with Crippen LogP contribution in [-0.4, -0.2) is 57.9 Å². The highest BCUT2D eigenvalue weighted by atomic mass is 35.5. The van der Waals surface area contributed by atoms with Crippen molar-refractivity contribution in [3.63, 3.8) is 0 Å². The summed E-state index contributed by atoms with van der Waals surface area (Å²) in [7, 11) is 1.58. The third kappa shape index (κ3) is 7.47. The summed E-state index contributed by atoms with van der Waals surface area (Å²) in [6.45, 7) is 7.85. The molecule has 5 rings (SSSR count). The number of hydrogen-bond acceptors (Lipinski definition) is 5. The van der Waals surface area contributed by atoms with Gasteiger partial charge in [-0.05, 0) is 101 Å². The Labute approximate surface area is 283 Å². The van der Waals surface area contributed by atoms with Crippen molar-refractivity contribution in [3.8, 4) is 16.9 Å². The summed E-state index contributed by atoms with van der Waals surface area (Å²) in [6.07, 6.45) is 1.90. The number of carbonyl (C=O) groups excluding carboxylic acids is 2. The first-order valence-electron chi connectivity index (χ1n) is 15.7. The van der Waals surface area contributed by atoms with E-state index in [-0.39, 0.29) is 45.5 Å². The molecule has 0 unspecified atom stereocenters. The molecule has 3 aromatic carbocycles. The van der Waals surface area contributed by atoms with Crippen LogP contribution < -0.4 is 4.74 Å². The van der Waals surface area contributed by atoms with Crippen LogP contribution in [0.1, 0.15) is 79.0 Å². The normalized spacial score (nSPS) is 16.6. The molecule has 7 nitrogen and oxygen atoms in total. The van der Waals surface area contributed by atoms with Gasteiger partial charge in [-0.25, -0.2) is 9.18 Å². The number of amides is 2. The van der Waals surface area contributed by atoms with Crippen LogP contribution in [-0.2, 0) is 6.54 Å². The molecule has 47 heavy (non-hydrogen) atoms. The lowest BCUT2D eigenvalue weighted by molar-refractivity contribution is 0.0535. The molecule has 0 aliphatic heterocycles. The van der Waals surface area contributed by atoms with Crippen LogP contribution in [0.4, 0.5) is 9.18 Å². The molecule has 10 heteroatoms. The second-order valence-electron chi connectivity index (χ2n) is 13.2. The fraction of sp³-hybridized carbons (Fsp3) is 0.378. The van der Waals surface area contributed by atoms with Gasteiger partial charge < -0.3 is 19.6 Å². The molecule has 1 aliphatic carbocycles. The van der Waals surface area contributed by atoms with Gasteiger partial charge in [0.25, 0.3) is 5.91 Å². The highest BCUT2D eigenvalue weighted by Crippen LogP contribution is 2.40. The summed E-state index contributed by atoms with van der Waals surface area (Å²) in [5, 5.41) is 10.2. The molecule has 1 heterocycles. The number of ketones is 1. The van der Waals surface area contributed by atoms with Gasteiger partial charge >= 0.3 is 6.09 Å². The summed E-state index contributed by atoms with van der Waals surface area (Å²) in [4.78, 5) is 42.2. The standard InChI is InChI=1S/C37H40ClFN2O5S/c1-22(42)24-8-6-9-25(18-24)26-14-17-30(46-5)27(19-26)21-40(35(43)34-33(38)32-29(39)10-7-11-31(32)47-34)28-15-12-23(13-16-28)20-41(36(44)45)37(2,3)4/h6-11,14,17-19,23,28H,12-13,15-16,20-21H2,1-5H3,(H,44,45). The minimum atomic E-state index is -0.941. The number of thiophene rings is 1. The summed E-state index contributed by atoms with van der Waals surface area (Å²) in [6, 6.07) is 17.7. The zero-order valence-electron chi connectivity index (χ0n) is 27.3. The van der Waals surface area contributed by atoms with Crippen molar-refractivity contribution in [2.75, 3.05) is 13.7 Å². The number of fused-ring (bicyclic) bond motifs is 1. The van der Waals surface area contributed by atoms with Crippen molar-refractivity contribution in [1.29, 1.82) is 0 Å². The average Bonchev–Trinajstić information content (AvgIpc) is 3.39. The number of rotatable bonds is 9. The van der Waals surface area contributed by atoms with Crippen molar-refractivity contribution in [1.82, 2.24) is 9.80 Å². The van der Waals surface area contributed by atoms with E-state index in [1.807, 2.05) is 62.1 Å². The zero-order valence-corrected chi connectivity index (χ0v) is 28.9. The predicted molar refractivity (Wildman–Crippen MR) is 185 cm³/mol. The Bertz CT molecular complexity index is 1810. The topological polar surface area (TPSA) is 87.2 Å². The number of carboxylic acid groups (broad SMARTS) is 1. The minimum Gasteiger partial charge on any atom is -0.496 e. The lowest BCUT2D eigenvalue weighted by atomic mass is 9.84. The smallest absolute Gasteiger partial charge is 0.407 e. The highest BCUT2D eigenvalue weighted by Gasteiger charge is 2.35. The Balaban J connectivity index is 1.49. The van der Waals surface area contributed by atoms with Crippen molar-refractivity contribution in [3.05, 3.63) is 87.5 Å². The fourth-order valence-corrected chi connectivity index (χ4v) is 7.93. The molecule has 4 aromatic rings. The number of carbonyl (C=O) groups is 3. The second kappa shape index (κ2) is 14.0. The van der Waals surface area contributed by atoms with Crippen LogP contribution in [0, 0.1) is 11.7 Å². The molecule has 0 atom stereocenters. The number of halogens is 2. The second-order valence-corrected chi connectivity index (χ2v) is 14.6. The molecule has 1 N–H and O–H groups in total. The summed E-state index contributed by atoms with van der Waals surface area (Å²) in [5.74, 6) is -0.0185. The Morgan fingerprint density at radius 2 is 1.68 bits per heavy atom. The van der Waals surface area contributed by atoms with Crippen molar-refractivity contribution >= 4 is 50.8 Å². The van der Waals surface area contributed by atoms with Gasteiger partial charge in [0.1, 0.15) is 16.4 Å². The quantitative estimate of drug-likeness (QED) is 0.178. The molecule has 1 fully saturated rings. The monoisotopic (exact) mass is 678 g/mol. The van der Waals surface area contributed by atoms with Crippen LogP contribution >= 0.6 is 22.9 Å². The lowest BCUT2D eigenvalue weighted by Gasteiger charge is -2.40. The zero-order chi connectivity index (χ0) is 34.0. The molecule has 0 radical (unpaired) electrons. The Morgan fingerprint density at radius 1 is 1.00 bits per heavy atom. The van der Waals surface area contributed by atoms with Gasteiger partial charge in [-0.15, -0.1) is 11.3 Å². The molecule has 0 saturated heterocycles. The van der Waals surface area contributed by atoms with Crippen LogP contribution in [0.25, 0.3) is 21.2 Å². The first-order valence-corrected chi connectivity index (χ1v) is 16.9. The van der Waals surface area contributed by atoms with Crippen LogP contribution in [0.5, 0.6) is 5.75 Å². The number of methoxy groups -OCH3 is 1. The van der Waals surface area contributed by atoms with Gasteiger partial charge in [-0.2, -0.15) is 0 Å². The van der Waals surface area contributed by atoms with Crippen LogP contribution in [0.3, 0.4) is 0 Å². The first kappa shape index (κ1) is 34.4. The molecule has 1 aliphatic rings. The van der Waals surface area contributed by atoms with Gasteiger partial charge in [0.2, 0.25) is 0 Å². The van der Waals surface area contributed by atoms with E-state index in [9.17, 15) is 23.9 Å². The minimum absolute atomic E-state index is 0.0291. The van der Waals surface area contributed by atoms with Crippen LogP contribution in [0.15, 0.2) is 60.7 Å². The molecule has 0 bridgehead atoms. The fourth-order valence-electron chi connectivity index (χ4n) is 6.42. The van der Waals surface area contributed by atoms with Crippen molar-refractivity contribution in [2.24, 2.45) is 5.92 Å². The van der Waals surface area contributed by atoms with Gasteiger partial charge in [0.05, 0.1) is 12.1 Å². The summed E-state index contributed by atoms with van der Waals surface area (Å²) < 4.78 is 21.2. The van der Waals surface area contributed by atoms with Crippen LogP contribution in [0.2, 0.25) is 5.02 Å². The predicted octanol–water partition coefficient (Wildman–Crippen LogP) is 9.55. The molecule has 1 aromatic heterocycles. The van der Waals surface area contributed by atoms with Crippen molar-refractivity contribution < 1.29 is 28.6 Å². The Kier molecular flexibility index (Phi) is 10.3. The maximum atomic E-state index is 14.8. The number of benzene rings is 3. The van der Waals surface area contributed by atoms with E-state index >= 15 is 0 Å². The highest BCUT2D eigenvalue weighted by molar-refractivity contribution is 7.21. The maximum absolute atomic E-state index is 14.8. The molecular formula is C37H40ClFN2O5S. The molecule has 2 amide bonds. The van der Waals surface area contributed by atoms with Gasteiger partial charge in [0, 0.05) is 45.9 Å². The SMILES string of the molecule is COc1ccc(-c2cccc(C(C)=O)c2)cc1CN(C(=O)c1sc2cccc(F)c2c1Cl)C1CCC(CN(C(=O)O)C(C)(C)C)CC1. The lowest BCUT2D eigenvalue weighted by Crippen LogP contribution is -2.48. The third-order valence-corrected chi connectivity index (χ3v) is 10.7. The molecule has 248 valence electrons. The van der Waals surface area contributed by atoms with Crippen molar-refractivity contribution in [2.45, 2.75) is 71.5 Å². The van der Waals surface area contributed by atoms with Gasteiger partial charge in [-0.1, -0.05) is 41.9 Å². The van der Waals surface area contributed by atoms with E-state index < -0.39 is 17.4 Å². The van der Waals surface area contributed by atoms with Gasteiger partial charge in [-0.3, -0.25) is 9.59 Å². The number of ether oxygens (including phenoxy) is 1. The van der Waals surface area contributed by atoms with E-state index in [4.69, 9.17) is 16.3 Å². The number of nitrogens with zero attached hydrogens (tertiary/aromatic N) is 2. The van der Waals surface area contributed by atoms with E-state index in [1.54, 1.807) is 25.3 Å². The average molecular weight is 679 g/mol. The first-order chi connectivity index (χ1) is 22.3. The van der Waals surface area contributed by atoms with E-state index in [1.165, 1.54) is 29.2 Å². The Morgan fingerprint density at radius 3 is 2.30 bits per heavy atom. The Hall–Kier alpha value is -3.95. The van der Waals surface area contributed by atoms with Gasteiger partial charge in [0.15, 0.2) is 5.78 Å². The maximum Gasteiger partial charge on any atom is 0.407 e. The largest absolute Gasteiger partial charge is 0.496 e. The summed E-state index contributed by atoms with van der Waals surface area (Å²) >= 11 is 7.89. The van der Waals surface area contributed by atoms with E-state index in [2.05, 4.69) is 0 Å².